The van der Waals surface area contributed by atoms with Gasteiger partial charge in [0.25, 0.3) is 0 Å². The van der Waals surface area contributed by atoms with Gasteiger partial charge in [0.1, 0.15) is 0 Å². The summed E-state index contributed by atoms with van der Waals surface area (Å²) >= 11 is 0. The Morgan fingerprint density at radius 3 is 2.89 bits per heavy atom. The fourth-order valence-electron chi connectivity index (χ4n) is 3.46. The van der Waals surface area contributed by atoms with Crippen LogP contribution in [0.5, 0.6) is 0 Å². The molecule has 2 aliphatic rings. The summed E-state index contributed by atoms with van der Waals surface area (Å²) < 4.78 is 0. The molecule has 0 bridgehead atoms. The molecule has 104 valence electrons. The summed E-state index contributed by atoms with van der Waals surface area (Å²) in [5.41, 5.74) is 1.18. The van der Waals surface area contributed by atoms with Crippen molar-refractivity contribution in [3.63, 3.8) is 0 Å². The van der Waals surface area contributed by atoms with E-state index in [2.05, 4.69) is 9.97 Å². The first-order valence-electron chi connectivity index (χ1n) is 7.58. The maximum absolute atomic E-state index is 11.3. The third-order valence-electron chi connectivity index (χ3n) is 4.76. The number of imidazole rings is 1. The Morgan fingerprint density at radius 1 is 1.37 bits per heavy atom. The van der Waals surface area contributed by atoms with E-state index in [1.54, 1.807) is 6.33 Å². The van der Waals surface area contributed by atoms with Crippen LogP contribution >= 0.6 is 0 Å². The molecule has 1 heterocycles. The highest BCUT2D eigenvalue weighted by molar-refractivity contribution is 5.49. The van der Waals surface area contributed by atoms with Crippen LogP contribution in [0, 0.1) is 5.92 Å². The minimum atomic E-state index is 0.404. The molecular weight excluding hydrogens is 238 g/mol. The Labute approximate surface area is 114 Å². The smallest absolute Gasteiger partial charge is 0.209 e. The highest BCUT2D eigenvalue weighted by Crippen LogP contribution is 2.43. The average molecular weight is 261 g/mol. The van der Waals surface area contributed by atoms with Crippen LogP contribution in [0.2, 0.25) is 0 Å². The zero-order valence-corrected chi connectivity index (χ0v) is 11.4. The summed E-state index contributed by atoms with van der Waals surface area (Å²) in [6, 6.07) is 0.404. The molecule has 0 spiro atoms. The van der Waals surface area contributed by atoms with Gasteiger partial charge in [-0.15, -0.1) is 0 Å². The van der Waals surface area contributed by atoms with E-state index in [1.807, 2.05) is 11.1 Å². The van der Waals surface area contributed by atoms with Gasteiger partial charge in [0.2, 0.25) is 6.41 Å². The van der Waals surface area contributed by atoms with Crippen molar-refractivity contribution in [2.24, 2.45) is 5.92 Å². The number of aromatic amines is 1. The molecule has 2 saturated carbocycles. The zero-order valence-electron chi connectivity index (χ0n) is 11.4. The van der Waals surface area contributed by atoms with Crippen LogP contribution in [0.1, 0.15) is 56.6 Å². The lowest BCUT2D eigenvalue weighted by Crippen LogP contribution is -2.28. The van der Waals surface area contributed by atoms with Gasteiger partial charge >= 0.3 is 0 Å². The normalized spacial score (nSPS) is 27.2. The van der Waals surface area contributed by atoms with Crippen LogP contribution in [0.3, 0.4) is 0 Å². The fourth-order valence-corrected chi connectivity index (χ4v) is 3.46. The fraction of sp³-hybridized carbons (Fsp3) is 0.733. The molecule has 0 aliphatic heterocycles. The van der Waals surface area contributed by atoms with Crippen LogP contribution in [0.25, 0.3) is 0 Å². The first kappa shape index (κ1) is 12.7. The molecule has 2 atom stereocenters. The predicted molar refractivity (Wildman–Crippen MR) is 73.7 cm³/mol. The van der Waals surface area contributed by atoms with Gasteiger partial charge in [0.15, 0.2) is 0 Å². The van der Waals surface area contributed by atoms with Gasteiger partial charge < -0.3 is 9.88 Å². The molecule has 4 nitrogen and oxygen atoms in total. The van der Waals surface area contributed by atoms with Gasteiger partial charge in [0, 0.05) is 30.4 Å². The van der Waals surface area contributed by atoms with Gasteiger partial charge in [-0.25, -0.2) is 4.98 Å². The van der Waals surface area contributed by atoms with E-state index in [4.69, 9.17) is 0 Å². The Morgan fingerprint density at radius 2 is 2.21 bits per heavy atom. The molecule has 0 unspecified atom stereocenters. The molecule has 3 rings (SSSR count). The van der Waals surface area contributed by atoms with Crippen LogP contribution in [-0.4, -0.2) is 33.9 Å². The predicted octanol–water partition coefficient (Wildman–Crippen LogP) is 2.69. The number of carbonyl (C=O) groups excluding carboxylic acids is 1. The van der Waals surface area contributed by atoms with E-state index in [1.165, 1.54) is 44.2 Å². The third kappa shape index (κ3) is 2.99. The van der Waals surface area contributed by atoms with Crippen molar-refractivity contribution in [3.05, 3.63) is 18.2 Å². The molecule has 19 heavy (non-hydrogen) atoms. The van der Waals surface area contributed by atoms with Gasteiger partial charge in [-0.3, -0.25) is 4.79 Å². The van der Waals surface area contributed by atoms with Crippen molar-refractivity contribution in [2.75, 3.05) is 6.54 Å². The monoisotopic (exact) mass is 261 g/mol. The lowest BCUT2D eigenvalue weighted by molar-refractivity contribution is -0.118. The Bertz CT molecular complexity index is 398. The molecule has 1 N–H and O–H groups in total. The second kappa shape index (κ2) is 5.76. The molecule has 2 aliphatic carbocycles. The third-order valence-corrected chi connectivity index (χ3v) is 4.76. The second-order valence-electron chi connectivity index (χ2n) is 6.05. The molecule has 0 aromatic carbocycles. The van der Waals surface area contributed by atoms with Gasteiger partial charge in [-0.05, 0) is 18.8 Å². The summed E-state index contributed by atoms with van der Waals surface area (Å²) in [6.45, 7) is 0.934. The van der Waals surface area contributed by atoms with Crippen LogP contribution in [-0.2, 0) is 4.79 Å². The van der Waals surface area contributed by atoms with Crippen LogP contribution < -0.4 is 0 Å². The van der Waals surface area contributed by atoms with Gasteiger partial charge in [0.05, 0.1) is 6.33 Å². The van der Waals surface area contributed by atoms with Crippen molar-refractivity contribution in [3.8, 4) is 0 Å². The largest absolute Gasteiger partial charge is 0.348 e. The lowest BCUT2D eigenvalue weighted by atomic mass is 9.87. The summed E-state index contributed by atoms with van der Waals surface area (Å²) in [4.78, 5) is 20.5. The standard InChI is InChI=1S/C15H23N3O/c19-11-18(7-6-12-4-2-1-3-5-12)15-8-13(15)14-9-16-10-17-14/h9-13,15H,1-8H2,(H,16,17)/t13-,15+/m1/s1. The van der Waals surface area contributed by atoms with Crippen molar-refractivity contribution in [1.82, 2.24) is 14.9 Å². The zero-order chi connectivity index (χ0) is 13.1. The van der Waals surface area contributed by atoms with Crippen molar-refractivity contribution < 1.29 is 4.79 Å². The van der Waals surface area contributed by atoms with Crippen molar-refractivity contribution in [2.45, 2.75) is 56.9 Å². The molecule has 1 aromatic heterocycles. The van der Waals surface area contributed by atoms with Crippen LogP contribution in [0.15, 0.2) is 12.5 Å². The Balaban J connectivity index is 1.47. The molecule has 0 radical (unpaired) electrons. The number of hydrogen-bond donors (Lipinski definition) is 1. The first-order valence-corrected chi connectivity index (χ1v) is 7.58. The molecule has 4 heteroatoms. The first-order chi connectivity index (χ1) is 9.38. The van der Waals surface area contributed by atoms with E-state index in [0.717, 1.165) is 25.3 Å². The number of rotatable bonds is 6. The Kier molecular flexibility index (Phi) is 3.85. The number of amides is 1. The van der Waals surface area contributed by atoms with E-state index in [0.29, 0.717) is 12.0 Å². The molecule has 1 amide bonds. The summed E-state index contributed by atoms with van der Waals surface area (Å²) in [7, 11) is 0. The highest BCUT2D eigenvalue weighted by atomic mass is 16.1. The molecule has 1 aromatic rings. The maximum Gasteiger partial charge on any atom is 0.209 e. The number of nitrogens with zero attached hydrogens (tertiary/aromatic N) is 2. The average Bonchev–Trinajstić information content (AvgIpc) is 3.05. The minimum absolute atomic E-state index is 0.404. The number of carbonyl (C=O) groups is 1. The van der Waals surface area contributed by atoms with E-state index in [9.17, 15) is 4.79 Å². The van der Waals surface area contributed by atoms with Crippen molar-refractivity contribution >= 4 is 6.41 Å². The van der Waals surface area contributed by atoms with Gasteiger partial charge in [-0.1, -0.05) is 32.1 Å². The molecular formula is C15H23N3O. The number of aromatic nitrogens is 2. The minimum Gasteiger partial charge on any atom is -0.348 e. The molecule has 2 fully saturated rings. The lowest BCUT2D eigenvalue weighted by Gasteiger charge is -2.25. The summed E-state index contributed by atoms with van der Waals surface area (Å²) in [6.07, 6.45) is 13.8. The summed E-state index contributed by atoms with van der Waals surface area (Å²) in [5, 5.41) is 0. The SMILES string of the molecule is O=CN(CCC1CCCCC1)[C@H]1C[C@@H]1c1cnc[nH]1. The summed E-state index contributed by atoms with van der Waals surface area (Å²) in [5.74, 6) is 1.33. The van der Waals surface area contributed by atoms with E-state index in [-0.39, 0.29) is 0 Å². The quantitative estimate of drug-likeness (QED) is 0.800. The molecule has 0 saturated heterocycles. The topological polar surface area (TPSA) is 49.0 Å². The highest BCUT2D eigenvalue weighted by Gasteiger charge is 2.43. The maximum atomic E-state index is 11.3. The number of hydrogen-bond acceptors (Lipinski definition) is 2. The van der Waals surface area contributed by atoms with Gasteiger partial charge in [-0.2, -0.15) is 0 Å². The van der Waals surface area contributed by atoms with Crippen molar-refractivity contribution in [1.29, 1.82) is 0 Å². The van der Waals surface area contributed by atoms with Crippen LogP contribution in [0.4, 0.5) is 0 Å². The Hall–Kier alpha value is -1.32. The number of nitrogens with one attached hydrogen (secondary N) is 1. The van der Waals surface area contributed by atoms with E-state index < -0.39 is 0 Å². The number of H-pyrrole nitrogens is 1. The second-order valence-corrected chi connectivity index (χ2v) is 6.05. The van der Waals surface area contributed by atoms with E-state index >= 15 is 0 Å².